The Labute approximate surface area is 131 Å². The number of carbonyl (C=O) groups excluding carboxylic acids is 1. The summed E-state index contributed by atoms with van der Waals surface area (Å²) >= 11 is 0. The lowest BCUT2D eigenvalue weighted by atomic mass is 10.0. The Hall–Kier alpha value is -2.16. The standard InChI is InChI=1S/C19H22FNO/c1-14(2)16-9-7-15(8-10-16)11-12-21-19(22)13-17-5-3-4-6-18(17)20/h3-10,14H,11-13H2,1-2H3,(H,21,22). The summed E-state index contributed by atoms with van der Waals surface area (Å²) in [4.78, 5) is 11.8. The highest BCUT2D eigenvalue weighted by atomic mass is 19.1. The highest BCUT2D eigenvalue weighted by molar-refractivity contribution is 5.78. The Kier molecular flexibility index (Phi) is 5.70. The van der Waals surface area contributed by atoms with Gasteiger partial charge in [0.15, 0.2) is 0 Å². The van der Waals surface area contributed by atoms with Crippen molar-refractivity contribution in [2.45, 2.75) is 32.6 Å². The van der Waals surface area contributed by atoms with E-state index in [2.05, 4.69) is 43.4 Å². The minimum absolute atomic E-state index is 0.0823. The van der Waals surface area contributed by atoms with E-state index in [0.717, 1.165) is 6.42 Å². The fourth-order valence-corrected chi connectivity index (χ4v) is 2.29. The zero-order valence-electron chi connectivity index (χ0n) is 13.1. The number of benzene rings is 2. The Morgan fingerprint density at radius 3 is 2.41 bits per heavy atom. The lowest BCUT2D eigenvalue weighted by molar-refractivity contribution is -0.120. The van der Waals surface area contributed by atoms with E-state index in [9.17, 15) is 9.18 Å². The van der Waals surface area contributed by atoms with Crippen LogP contribution in [0.1, 0.15) is 36.5 Å². The maximum atomic E-state index is 13.5. The molecule has 22 heavy (non-hydrogen) atoms. The lowest BCUT2D eigenvalue weighted by Crippen LogP contribution is -2.27. The number of rotatable bonds is 6. The molecular weight excluding hydrogens is 277 g/mol. The van der Waals surface area contributed by atoms with Crippen molar-refractivity contribution in [1.82, 2.24) is 5.32 Å². The maximum absolute atomic E-state index is 13.5. The Bertz CT molecular complexity index is 620. The Balaban J connectivity index is 1.78. The molecule has 0 fully saturated rings. The quantitative estimate of drug-likeness (QED) is 0.862. The first-order chi connectivity index (χ1) is 10.6. The predicted octanol–water partition coefficient (Wildman–Crippen LogP) is 3.85. The van der Waals surface area contributed by atoms with E-state index in [1.165, 1.54) is 17.2 Å². The van der Waals surface area contributed by atoms with E-state index >= 15 is 0 Å². The SMILES string of the molecule is CC(C)c1ccc(CCNC(=O)Cc2ccccc2F)cc1. The summed E-state index contributed by atoms with van der Waals surface area (Å²) in [5.74, 6) is 0.0420. The topological polar surface area (TPSA) is 29.1 Å². The van der Waals surface area contributed by atoms with E-state index < -0.39 is 0 Å². The van der Waals surface area contributed by atoms with E-state index in [1.54, 1.807) is 18.2 Å². The van der Waals surface area contributed by atoms with Gasteiger partial charge in [0, 0.05) is 6.54 Å². The molecule has 2 aromatic carbocycles. The number of carbonyl (C=O) groups is 1. The number of hydrogen-bond donors (Lipinski definition) is 1. The van der Waals surface area contributed by atoms with Crippen molar-refractivity contribution in [2.75, 3.05) is 6.54 Å². The van der Waals surface area contributed by atoms with Gasteiger partial charge in [0.1, 0.15) is 5.82 Å². The molecule has 1 amide bonds. The van der Waals surface area contributed by atoms with Gasteiger partial charge in [-0.2, -0.15) is 0 Å². The third-order valence-electron chi connectivity index (χ3n) is 3.69. The van der Waals surface area contributed by atoms with Crippen molar-refractivity contribution in [2.24, 2.45) is 0 Å². The Morgan fingerprint density at radius 1 is 1.09 bits per heavy atom. The van der Waals surface area contributed by atoms with Crippen LogP contribution in [0.2, 0.25) is 0 Å². The monoisotopic (exact) mass is 299 g/mol. The smallest absolute Gasteiger partial charge is 0.224 e. The van der Waals surface area contributed by atoms with E-state index in [-0.39, 0.29) is 18.1 Å². The molecule has 0 aliphatic rings. The second kappa shape index (κ2) is 7.74. The van der Waals surface area contributed by atoms with Gasteiger partial charge in [0.2, 0.25) is 5.91 Å². The molecule has 0 radical (unpaired) electrons. The summed E-state index contributed by atoms with van der Waals surface area (Å²) in [6, 6.07) is 14.8. The highest BCUT2D eigenvalue weighted by Crippen LogP contribution is 2.14. The van der Waals surface area contributed by atoms with Crippen LogP contribution in [0, 0.1) is 5.82 Å². The third kappa shape index (κ3) is 4.69. The van der Waals surface area contributed by atoms with E-state index in [0.29, 0.717) is 18.0 Å². The minimum atomic E-state index is -0.332. The summed E-state index contributed by atoms with van der Waals surface area (Å²) < 4.78 is 13.5. The number of amides is 1. The molecule has 3 heteroatoms. The maximum Gasteiger partial charge on any atom is 0.224 e. The summed E-state index contributed by atoms with van der Waals surface area (Å²) in [6.07, 6.45) is 0.861. The molecule has 0 aliphatic heterocycles. The lowest BCUT2D eigenvalue weighted by Gasteiger charge is -2.08. The highest BCUT2D eigenvalue weighted by Gasteiger charge is 2.07. The summed E-state index contributed by atoms with van der Waals surface area (Å²) in [5, 5.41) is 2.84. The van der Waals surface area contributed by atoms with Crippen molar-refractivity contribution < 1.29 is 9.18 Å². The summed E-state index contributed by atoms with van der Waals surface area (Å²) in [5.41, 5.74) is 2.93. The van der Waals surface area contributed by atoms with Gasteiger partial charge in [-0.15, -0.1) is 0 Å². The predicted molar refractivity (Wildman–Crippen MR) is 87.3 cm³/mol. The first kappa shape index (κ1) is 16.2. The molecule has 0 bridgehead atoms. The van der Waals surface area contributed by atoms with Crippen molar-refractivity contribution in [1.29, 1.82) is 0 Å². The molecule has 0 unspecified atom stereocenters. The molecule has 0 saturated carbocycles. The average molecular weight is 299 g/mol. The van der Waals surface area contributed by atoms with Crippen LogP contribution in [-0.2, 0) is 17.6 Å². The van der Waals surface area contributed by atoms with Crippen molar-refractivity contribution in [3.05, 3.63) is 71.0 Å². The van der Waals surface area contributed by atoms with Gasteiger partial charge in [-0.05, 0) is 35.1 Å². The second-order valence-electron chi connectivity index (χ2n) is 5.76. The first-order valence-electron chi connectivity index (χ1n) is 7.65. The zero-order valence-corrected chi connectivity index (χ0v) is 13.1. The normalized spacial score (nSPS) is 10.7. The van der Waals surface area contributed by atoms with Gasteiger partial charge < -0.3 is 5.32 Å². The van der Waals surface area contributed by atoms with Gasteiger partial charge in [0.05, 0.1) is 6.42 Å². The molecule has 0 saturated heterocycles. The minimum Gasteiger partial charge on any atom is -0.355 e. The summed E-state index contributed by atoms with van der Waals surface area (Å²) in [7, 11) is 0. The van der Waals surface area contributed by atoms with E-state index in [1.807, 2.05) is 0 Å². The van der Waals surface area contributed by atoms with Gasteiger partial charge in [-0.1, -0.05) is 56.3 Å². The van der Waals surface area contributed by atoms with Crippen LogP contribution in [-0.4, -0.2) is 12.5 Å². The Morgan fingerprint density at radius 2 is 1.77 bits per heavy atom. The van der Waals surface area contributed by atoms with Gasteiger partial charge >= 0.3 is 0 Å². The van der Waals surface area contributed by atoms with Crippen LogP contribution in [0.3, 0.4) is 0 Å². The van der Waals surface area contributed by atoms with Crippen LogP contribution in [0.4, 0.5) is 4.39 Å². The molecule has 0 aromatic heterocycles. The van der Waals surface area contributed by atoms with Crippen LogP contribution in [0.25, 0.3) is 0 Å². The molecule has 0 spiro atoms. The van der Waals surface area contributed by atoms with E-state index in [4.69, 9.17) is 0 Å². The molecule has 116 valence electrons. The number of hydrogen-bond acceptors (Lipinski definition) is 1. The first-order valence-corrected chi connectivity index (χ1v) is 7.65. The average Bonchev–Trinajstić information content (AvgIpc) is 2.50. The second-order valence-corrected chi connectivity index (χ2v) is 5.76. The third-order valence-corrected chi connectivity index (χ3v) is 3.69. The summed E-state index contributed by atoms with van der Waals surface area (Å²) in [6.45, 7) is 4.89. The molecule has 2 rings (SSSR count). The van der Waals surface area contributed by atoms with Gasteiger partial charge in [-0.3, -0.25) is 4.79 Å². The van der Waals surface area contributed by atoms with Crippen LogP contribution in [0.15, 0.2) is 48.5 Å². The largest absolute Gasteiger partial charge is 0.355 e. The van der Waals surface area contributed by atoms with Crippen molar-refractivity contribution in [3.8, 4) is 0 Å². The van der Waals surface area contributed by atoms with Gasteiger partial charge in [0.25, 0.3) is 0 Å². The van der Waals surface area contributed by atoms with Crippen LogP contribution >= 0.6 is 0 Å². The van der Waals surface area contributed by atoms with Crippen LogP contribution < -0.4 is 5.32 Å². The molecule has 2 nitrogen and oxygen atoms in total. The van der Waals surface area contributed by atoms with Crippen molar-refractivity contribution in [3.63, 3.8) is 0 Å². The molecule has 2 aromatic rings. The number of nitrogens with one attached hydrogen (secondary N) is 1. The molecule has 1 N–H and O–H groups in total. The number of halogens is 1. The zero-order chi connectivity index (χ0) is 15.9. The molecule has 0 aliphatic carbocycles. The fourth-order valence-electron chi connectivity index (χ4n) is 2.29. The van der Waals surface area contributed by atoms with Gasteiger partial charge in [-0.25, -0.2) is 4.39 Å². The molecule has 0 heterocycles. The van der Waals surface area contributed by atoms with Crippen LogP contribution in [0.5, 0.6) is 0 Å². The van der Waals surface area contributed by atoms with Crippen molar-refractivity contribution >= 4 is 5.91 Å². The molecule has 0 atom stereocenters. The molecular formula is C19H22FNO. The fraction of sp³-hybridized carbons (Fsp3) is 0.316.